The summed E-state index contributed by atoms with van der Waals surface area (Å²) >= 11 is 0. The van der Waals surface area contributed by atoms with Gasteiger partial charge in [-0.3, -0.25) is 0 Å². The maximum absolute atomic E-state index is 6.58. The van der Waals surface area contributed by atoms with Crippen LogP contribution in [0.3, 0.4) is 0 Å². The second-order valence-electron chi connectivity index (χ2n) is 14.0. The molecule has 0 amide bonds. The molecule has 12 aromatic rings. The Balaban J connectivity index is 1.13. The van der Waals surface area contributed by atoms with Crippen LogP contribution >= 0.6 is 0 Å². The molecule has 0 radical (unpaired) electrons. The minimum Gasteiger partial charge on any atom is -0.456 e. The van der Waals surface area contributed by atoms with E-state index in [1.54, 1.807) is 0 Å². The van der Waals surface area contributed by atoms with Crippen LogP contribution in [0.5, 0.6) is 0 Å². The van der Waals surface area contributed by atoms with Crippen molar-refractivity contribution in [1.29, 1.82) is 0 Å². The Bertz CT molecular complexity index is 3520. The van der Waals surface area contributed by atoms with Gasteiger partial charge in [0.15, 0.2) is 17.5 Å². The highest BCUT2D eigenvalue weighted by Gasteiger charge is 2.21. The molecule has 0 N–H and O–H groups in total. The van der Waals surface area contributed by atoms with Crippen molar-refractivity contribution < 1.29 is 13.3 Å². The van der Waals surface area contributed by atoms with Gasteiger partial charge in [0, 0.05) is 49.0 Å². The zero-order valence-electron chi connectivity index (χ0n) is 29.2. The summed E-state index contributed by atoms with van der Waals surface area (Å²) in [6, 6.07) is 55.9. The first-order chi connectivity index (χ1) is 27.2. The number of fused-ring (bicyclic) bond motifs is 10. The Morgan fingerprint density at radius 1 is 0.291 bits per heavy atom. The number of hydrogen-bond donors (Lipinski definition) is 0. The van der Waals surface area contributed by atoms with Crippen LogP contribution in [0, 0.1) is 0 Å². The van der Waals surface area contributed by atoms with E-state index in [1.807, 2.05) is 72.8 Å². The highest BCUT2D eigenvalue weighted by molar-refractivity contribution is 6.14. The van der Waals surface area contributed by atoms with E-state index in [1.165, 1.54) is 0 Å². The molecule has 0 bridgehead atoms. The van der Waals surface area contributed by atoms with Crippen LogP contribution in [-0.4, -0.2) is 15.0 Å². The summed E-state index contributed by atoms with van der Waals surface area (Å²) in [4.78, 5) is 15.7. The molecule has 0 aliphatic heterocycles. The predicted molar refractivity (Wildman–Crippen MR) is 221 cm³/mol. The van der Waals surface area contributed by atoms with Gasteiger partial charge in [0.1, 0.15) is 33.5 Å². The normalized spacial score (nSPS) is 12.0. The molecule has 0 saturated carbocycles. The quantitative estimate of drug-likeness (QED) is 0.181. The molecule has 4 aromatic heterocycles. The molecule has 0 spiro atoms. The Morgan fingerprint density at radius 3 is 1.49 bits per heavy atom. The molecule has 256 valence electrons. The molecule has 4 heterocycles. The molecule has 6 nitrogen and oxygen atoms in total. The van der Waals surface area contributed by atoms with Gasteiger partial charge in [-0.1, -0.05) is 97.1 Å². The van der Waals surface area contributed by atoms with E-state index in [0.717, 1.165) is 104 Å². The van der Waals surface area contributed by atoms with Gasteiger partial charge in [-0.15, -0.1) is 0 Å². The van der Waals surface area contributed by atoms with Gasteiger partial charge in [0.2, 0.25) is 0 Å². The van der Waals surface area contributed by atoms with Gasteiger partial charge in [0.25, 0.3) is 0 Å². The van der Waals surface area contributed by atoms with E-state index in [0.29, 0.717) is 17.5 Å². The Kier molecular flexibility index (Phi) is 6.24. The van der Waals surface area contributed by atoms with Gasteiger partial charge in [-0.2, -0.15) is 0 Å². The molecule has 0 unspecified atom stereocenters. The van der Waals surface area contributed by atoms with Crippen molar-refractivity contribution in [2.75, 3.05) is 0 Å². The minimum atomic E-state index is 0.554. The third-order valence-electron chi connectivity index (χ3n) is 10.7. The first kappa shape index (κ1) is 29.9. The fraction of sp³-hybridized carbons (Fsp3) is 0. The van der Waals surface area contributed by atoms with E-state index in [-0.39, 0.29) is 0 Å². The zero-order valence-corrected chi connectivity index (χ0v) is 29.2. The second kappa shape index (κ2) is 11.5. The number of benzene rings is 8. The fourth-order valence-corrected chi connectivity index (χ4v) is 8.05. The van der Waals surface area contributed by atoms with Crippen LogP contribution < -0.4 is 0 Å². The summed E-state index contributed by atoms with van der Waals surface area (Å²) in [6.45, 7) is 0. The van der Waals surface area contributed by atoms with E-state index in [9.17, 15) is 0 Å². The molecule has 8 aromatic carbocycles. The zero-order chi connectivity index (χ0) is 36.0. The van der Waals surface area contributed by atoms with Crippen LogP contribution in [0.15, 0.2) is 177 Å². The van der Waals surface area contributed by atoms with Crippen LogP contribution in [0.2, 0.25) is 0 Å². The minimum absolute atomic E-state index is 0.554. The highest BCUT2D eigenvalue weighted by Crippen LogP contribution is 2.41. The van der Waals surface area contributed by atoms with Gasteiger partial charge >= 0.3 is 0 Å². The summed E-state index contributed by atoms with van der Waals surface area (Å²) in [5.74, 6) is 1.71. The van der Waals surface area contributed by atoms with Crippen LogP contribution in [0.4, 0.5) is 0 Å². The van der Waals surface area contributed by atoms with Crippen molar-refractivity contribution in [2.24, 2.45) is 0 Å². The van der Waals surface area contributed by atoms with Gasteiger partial charge in [-0.05, 0) is 88.6 Å². The first-order valence-electron chi connectivity index (χ1n) is 18.2. The maximum Gasteiger partial charge on any atom is 0.164 e. The van der Waals surface area contributed by atoms with Crippen LogP contribution in [-0.2, 0) is 0 Å². The standard InChI is InChI=1S/C49H27N3O3/c1-2-10-29-23-31(18-17-28(29)9-1)47-50-48(32-20-22-44-38(25-32)35-12-4-7-15-41(35)54-44)52-49(51-47)39-26-33(27-45-46(39)36-13-5-8-16-42(36)55-45)30-19-21-43-37(24-30)34-11-3-6-14-40(34)53-43/h1-27H. The Hall–Kier alpha value is -7.57. The number of aromatic nitrogens is 3. The van der Waals surface area contributed by atoms with Crippen molar-refractivity contribution in [2.45, 2.75) is 0 Å². The smallest absolute Gasteiger partial charge is 0.164 e. The summed E-state index contributed by atoms with van der Waals surface area (Å²) in [5.41, 5.74) is 9.56. The molecule has 6 heteroatoms. The Morgan fingerprint density at radius 2 is 0.782 bits per heavy atom. The average Bonchev–Trinajstić information content (AvgIpc) is 3.93. The average molecular weight is 706 g/mol. The van der Waals surface area contributed by atoms with Crippen LogP contribution in [0.1, 0.15) is 0 Å². The van der Waals surface area contributed by atoms with E-state index in [4.69, 9.17) is 28.2 Å². The SMILES string of the molecule is c1ccc2cc(-c3nc(-c4ccc5oc6ccccc6c5c4)nc(-c4cc(-c5ccc6oc7ccccc7c6c5)cc5oc6ccccc6c45)n3)ccc2c1. The number of nitrogens with zero attached hydrogens (tertiary/aromatic N) is 3. The summed E-state index contributed by atoms with van der Waals surface area (Å²) in [5, 5.41) is 8.40. The molecule has 0 atom stereocenters. The largest absolute Gasteiger partial charge is 0.456 e. The lowest BCUT2D eigenvalue weighted by Gasteiger charge is -2.12. The lowest BCUT2D eigenvalue weighted by molar-refractivity contribution is 0.668. The topological polar surface area (TPSA) is 78.1 Å². The summed E-state index contributed by atoms with van der Waals surface area (Å²) < 4.78 is 18.9. The fourth-order valence-electron chi connectivity index (χ4n) is 8.05. The monoisotopic (exact) mass is 705 g/mol. The van der Waals surface area contributed by atoms with Gasteiger partial charge < -0.3 is 13.3 Å². The third-order valence-corrected chi connectivity index (χ3v) is 10.7. The van der Waals surface area contributed by atoms with E-state index >= 15 is 0 Å². The molecular formula is C49H27N3O3. The number of rotatable bonds is 4. The van der Waals surface area contributed by atoms with E-state index < -0.39 is 0 Å². The third kappa shape index (κ3) is 4.71. The summed E-state index contributed by atoms with van der Waals surface area (Å²) in [7, 11) is 0. The summed E-state index contributed by atoms with van der Waals surface area (Å²) in [6.07, 6.45) is 0. The number of para-hydroxylation sites is 3. The lowest BCUT2D eigenvalue weighted by Crippen LogP contribution is -2.01. The van der Waals surface area contributed by atoms with Crippen molar-refractivity contribution in [3.63, 3.8) is 0 Å². The van der Waals surface area contributed by atoms with Crippen molar-refractivity contribution in [3.05, 3.63) is 164 Å². The molecule has 0 fully saturated rings. The first-order valence-corrected chi connectivity index (χ1v) is 18.2. The molecular weight excluding hydrogens is 679 g/mol. The van der Waals surface area contributed by atoms with Crippen molar-refractivity contribution in [3.8, 4) is 45.3 Å². The van der Waals surface area contributed by atoms with Gasteiger partial charge in [0.05, 0.1) is 0 Å². The molecule has 12 rings (SSSR count). The number of furan rings is 3. The number of hydrogen-bond acceptors (Lipinski definition) is 6. The second-order valence-corrected chi connectivity index (χ2v) is 14.0. The highest BCUT2D eigenvalue weighted by atomic mass is 16.3. The Labute approximate surface area is 312 Å². The predicted octanol–water partition coefficient (Wildman–Crippen LogP) is 13.4. The molecule has 0 aliphatic rings. The van der Waals surface area contributed by atoms with Crippen LogP contribution in [0.25, 0.3) is 122 Å². The molecule has 0 aliphatic carbocycles. The molecule has 55 heavy (non-hydrogen) atoms. The van der Waals surface area contributed by atoms with Crippen molar-refractivity contribution in [1.82, 2.24) is 15.0 Å². The van der Waals surface area contributed by atoms with Gasteiger partial charge in [-0.25, -0.2) is 15.0 Å². The molecule has 0 saturated heterocycles. The van der Waals surface area contributed by atoms with Crippen molar-refractivity contribution >= 4 is 76.6 Å². The maximum atomic E-state index is 6.58. The van der Waals surface area contributed by atoms with E-state index in [2.05, 4.69) is 91.0 Å². The lowest BCUT2D eigenvalue weighted by atomic mass is 9.97.